The van der Waals surface area contributed by atoms with Crippen LogP contribution in [0, 0.1) is 6.92 Å². The zero-order chi connectivity index (χ0) is 11.2. The Kier molecular flexibility index (Phi) is 3.67. The smallest absolute Gasteiger partial charge is 0.0739 e. The molecular formula is C14H15NO. The topological polar surface area (TPSA) is 22.1 Å². The Morgan fingerprint density at radius 2 is 1.81 bits per heavy atom. The molecule has 0 spiro atoms. The Morgan fingerprint density at radius 3 is 2.56 bits per heavy atom. The molecule has 2 heteroatoms. The van der Waals surface area contributed by atoms with Crippen molar-refractivity contribution in [3.05, 3.63) is 65.5 Å². The SMILES string of the molecule is Cc1ncccc1COCc1ccccc1. The minimum Gasteiger partial charge on any atom is -0.372 e. The van der Waals surface area contributed by atoms with Crippen LogP contribution in [-0.4, -0.2) is 4.98 Å². The number of hydrogen-bond acceptors (Lipinski definition) is 2. The van der Waals surface area contributed by atoms with Gasteiger partial charge in [0, 0.05) is 11.9 Å². The molecule has 0 radical (unpaired) electrons. The van der Waals surface area contributed by atoms with E-state index in [4.69, 9.17) is 4.74 Å². The van der Waals surface area contributed by atoms with Gasteiger partial charge in [-0.1, -0.05) is 36.4 Å². The number of aromatic nitrogens is 1. The van der Waals surface area contributed by atoms with Crippen LogP contribution < -0.4 is 0 Å². The second-order valence-corrected chi connectivity index (χ2v) is 3.73. The number of pyridine rings is 1. The molecule has 0 aliphatic heterocycles. The van der Waals surface area contributed by atoms with E-state index in [0.717, 1.165) is 11.3 Å². The van der Waals surface area contributed by atoms with E-state index in [1.807, 2.05) is 37.3 Å². The van der Waals surface area contributed by atoms with E-state index in [1.165, 1.54) is 5.56 Å². The Labute approximate surface area is 95.9 Å². The van der Waals surface area contributed by atoms with E-state index in [-0.39, 0.29) is 0 Å². The molecular weight excluding hydrogens is 198 g/mol. The van der Waals surface area contributed by atoms with Crippen LogP contribution in [-0.2, 0) is 18.0 Å². The van der Waals surface area contributed by atoms with E-state index in [1.54, 1.807) is 6.20 Å². The molecule has 1 heterocycles. The van der Waals surface area contributed by atoms with Crippen molar-refractivity contribution in [1.29, 1.82) is 0 Å². The van der Waals surface area contributed by atoms with Crippen molar-refractivity contribution in [2.75, 3.05) is 0 Å². The molecule has 0 unspecified atom stereocenters. The third kappa shape index (κ3) is 2.91. The lowest BCUT2D eigenvalue weighted by molar-refractivity contribution is 0.106. The summed E-state index contributed by atoms with van der Waals surface area (Å²) in [5, 5.41) is 0. The molecule has 0 saturated heterocycles. The number of hydrogen-bond donors (Lipinski definition) is 0. The summed E-state index contributed by atoms with van der Waals surface area (Å²) < 4.78 is 5.65. The Balaban J connectivity index is 1.87. The average Bonchev–Trinajstić information content (AvgIpc) is 2.33. The van der Waals surface area contributed by atoms with Crippen LogP contribution >= 0.6 is 0 Å². The monoisotopic (exact) mass is 213 g/mol. The van der Waals surface area contributed by atoms with Crippen LogP contribution in [0.25, 0.3) is 0 Å². The van der Waals surface area contributed by atoms with Gasteiger partial charge in [0.05, 0.1) is 13.2 Å². The van der Waals surface area contributed by atoms with Crippen LogP contribution in [0.5, 0.6) is 0 Å². The van der Waals surface area contributed by atoms with E-state index < -0.39 is 0 Å². The Bertz CT molecular complexity index is 439. The van der Waals surface area contributed by atoms with Crippen molar-refractivity contribution in [1.82, 2.24) is 4.98 Å². The maximum Gasteiger partial charge on any atom is 0.0739 e. The van der Waals surface area contributed by atoms with Gasteiger partial charge < -0.3 is 4.74 Å². The molecule has 1 aromatic carbocycles. The molecule has 2 aromatic rings. The molecule has 0 amide bonds. The number of ether oxygens (including phenoxy) is 1. The Morgan fingerprint density at radius 1 is 1.00 bits per heavy atom. The summed E-state index contributed by atoms with van der Waals surface area (Å²) in [6.07, 6.45) is 1.80. The summed E-state index contributed by atoms with van der Waals surface area (Å²) in [6.45, 7) is 3.27. The molecule has 16 heavy (non-hydrogen) atoms. The normalized spacial score (nSPS) is 10.3. The minimum atomic E-state index is 0.620. The van der Waals surface area contributed by atoms with Gasteiger partial charge >= 0.3 is 0 Å². The molecule has 82 valence electrons. The highest BCUT2D eigenvalue weighted by atomic mass is 16.5. The van der Waals surface area contributed by atoms with Crippen LogP contribution in [0.3, 0.4) is 0 Å². The van der Waals surface area contributed by atoms with Gasteiger partial charge in [-0.25, -0.2) is 0 Å². The molecule has 0 bridgehead atoms. The predicted molar refractivity (Wildman–Crippen MR) is 63.9 cm³/mol. The van der Waals surface area contributed by atoms with Gasteiger partial charge in [0.15, 0.2) is 0 Å². The van der Waals surface area contributed by atoms with E-state index >= 15 is 0 Å². The molecule has 1 aromatic heterocycles. The first-order chi connectivity index (χ1) is 7.86. The largest absolute Gasteiger partial charge is 0.372 e. The zero-order valence-corrected chi connectivity index (χ0v) is 9.39. The predicted octanol–water partition coefficient (Wildman–Crippen LogP) is 3.11. The third-order valence-corrected chi connectivity index (χ3v) is 2.49. The molecule has 0 saturated carbocycles. The third-order valence-electron chi connectivity index (χ3n) is 2.49. The first-order valence-electron chi connectivity index (χ1n) is 5.38. The molecule has 0 fully saturated rings. The highest BCUT2D eigenvalue weighted by molar-refractivity contribution is 5.17. The zero-order valence-electron chi connectivity index (χ0n) is 9.39. The molecule has 2 nitrogen and oxygen atoms in total. The van der Waals surface area contributed by atoms with Gasteiger partial charge in [-0.2, -0.15) is 0 Å². The molecule has 2 rings (SSSR count). The lowest BCUT2D eigenvalue weighted by Gasteiger charge is -2.06. The fraction of sp³-hybridized carbons (Fsp3) is 0.214. The second-order valence-electron chi connectivity index (χ2n) is 3.73. The lowest BCUT2D eigenvalue weighted by atomic mass is 10.2. The lowest BCUT2D eigenvalue weighted by Crippen LogP contribution is -1.97. The van der Waals surface area contributed by atoms with E-state index in [2.05, 4.69) is 17.1 Å². The number of aryl methyl sites for hydroxylation is 1. The molecule has 0 atom stereocenters. The summed E-state index contributed by atoms with van der Waals surface area (Å²) in [5.41, 5.74) is 3.39. The molecule has 0 N–H and O–H groups in total. The fourth-order valence-corrected chi connectivity index (χ4v) is 1.52. The van der Waals surface area contributed by atoms with Gasteiger partial charge in [-0.05, 0) is 24.1 Å². The highest BCUT2D eigenvalue weighted by Crippen LogP contribution is 2.07. The van der Waals surface area contributed by atoms with Crippen molar-refractivity contribution in [3.8, 4) is 0 Å². The minimum absolute atomic E-state index is 0.620. The van der Waals surface area contributed by atoms with Crippen molar-refractivity contribution in [3.63, 3.8) is 0 Å². The summed E-state index contributed by atoms with van der Waals surface area (Å²) >= 11 is 0. The summed E-state index contributed by atoms with van der Waals surface area (Å²) in [4.78, 5) is 4.22. The van der Waals surface area contributed by atoms with E-state index in [0.29, 0.717) is 13.2 Å². The average molecular weight is 213 g/mol. The Hall–Kier alpha value is -1.67. The van der Waals surface area contributed by atoms with Crippen molar-refractivity contribution < 1.29 is 4.74 Å². The molecule has 0 aliphatic rings. The number of nitrogens with zero attached hydrogens (tertiary/aromatic N) is 1. The van der Waals surface area contributed by atoms with Crippen LogP contribution in [0.15, 0.2) is 48.7 Å². The molecule has 0 aliphatic carbocycles. The van der Waals surface area contributed by atoms with Crippen molar-refractivity contribution in [2.24, 2.45) is 0 Å². The summed E-state index contributed by atoms with van der Waals surface area (Å²) in [5.74, 6) is 0. The van der Waals surface area contributed by atoms with Gasteiger partial charge in [0.25, 0.3) is 0 Å². The first kappa shape index (κ1) is 10.8. The highest BCUT2D eigenvalue weighted by Gasteiger charge is 1.98. The van der Waals surface area contributed by atoms with E-state index in [9.17, 15) is 0 Å². The second kappa shape index (κ2) is 5.42. The first-order valence-corrected chi connectivity index (χ1v) is 5.38. The maximum absolute atomic E-state index is 5.65. The number of rotatable bonds is 4. The van der Waals surface area contributed by atoms with Crippen LogP contribution in [0.2, 0.25) is 0 Å². The van der Waals surface area contributed by atoms with Crippen LogP contribution in [0.1, 0.15) is 16.8 Å². The standard InChI is InChI=1S/C14H15NO/c1-12-14(8-5-9-15-12)11-16-10-13-6-3-2-4-7-13/h2-9H,10-11H2,1H3. The van der Waals surface area contributed by atoms with Crippen molar-refractivity contribution in [2.45, 2.75) is 20.1 Å². The summed E-state index contributed by atoms with van der Waals surface area (Å²) in [7, 11) is 0. The van der Waals surface area contributed by atoms with Gasteiger partial charge in [-0.15, -0.1) is 0 Å². The van der Waals surface area contributed by atoms with Gasteiger partial charge in [0.2, 0.25) is 0 Å². The quantitative estimate of drug-likeness (QED) is 0.778. The maximum atomic E-state index is 5.65. The number of benzene rings is 1. The fourth-order valence-electron chi connectivity index (χ4n) is 1.52. The van der Waals surface area contributed by atoms with Gasteiger partial charge in [-0.3, -0.25) is 4.98 Å². The van der Waals surface area contributed by atoms with Gasteiger partial charge in [0.1, 0.15) is 0 Å². The van der Waals surface area contributed by atoms with Crippen LogP contribution in [0.4, 0.5) is 0 Å². The summed E-state index contributed by atoms with van der Waals surface area (Å²) in [6, 6.07) is 14.2. The van der Waals surface area contributed by atoms with Crippen molar-refractivity contribution >= 4 is 0 Å².